The molecule has 2 aliphatic heterocycles. The van der Waals surface area contributed by atoms with Gasteiger partial charge in [0.25, 0.3) is 0 Å². The fraction of sp³-hybridized carbons (Fsp3) is 0.867. The van der Waals surface area contributed by atoms with E-state index in [9.17, 15) is 9.59 Å². The van der Waals surface area contributed by atoms with Crippen LogP contribution in [-0.4, -0.2) is 41.1 Å². The third-order valence-electron chi connectivity index (χ3n) is 4.80. The second kappa shape index (κ2) is 6.90. The molecule has 3 amide bonds. The van der Waals surface area contributed by atoms with Crippen LogP contribution in [0.25, 0.3) is 0 Å². The van der Waals surface area contributed by atoms with E-state index >= 15 is 0 Å². The van der Waals surface area contributed by atoms with Gasteiger partial charge < -0.3 is 16.0 Å². The Bertz CT molecular complexity index is 398. The minimum absolute atomic E-state index is 0.0220. The molecule has 3 fully saturated rings. The minimum atomic E-state index is -0.0220. The average Bonchev–Trinajstić information content (AvgIpc) is 3.13. The number of amides is 3. The first-order chi connectivity index (χ1) is 10.2. The monoisotopic (exact) mass is 311 g/mol. The third-order valence-corrected chi connectivity index (χ3v) is 6.31. The predicted molar refractivity (Wildman–Crippen MR) is 84.4 cm³/mol. The van der Waals surface area contributed by atoms with Crippen molar-refractivity contribution in [3.8, 4) is 0 Å². The SMILES string of the molecule is O=C(CCCC[C@@H]1SC[C@@H]2NC(=O)N[C@@H]21)NC1CCCC1. The fourth-order valence-corrected chi connectivity index (χ4v) is 5.19. The van der Waals surface area contributed by atoms with Crippen molar-refractivity contribution in [2.24, 2.45) is 0 Å². The van der Waals surface area contributed by atoms with Gasteiger partial charge in [0.1, 0.15) is 0 Å². The number of urea groups is 1. The maximum absolute atomic E-state index is 11.8. The predicted octanol–water partition coefficient (Wildman–Crippen LogP) is 1.77. The van der Waals surface area contributed by atoms with Gasteiger partial charge in [-0.25, -0.2) is 4.79 Å². The maximum atomic E-state index is 11.8. The second-order valence-corrected chi connectivity index (χ2v) is 7.69. The number of nitrogens with one attached hydrogen (secondary N) is 3. The molecular weight excluding hydrogens is 286 g/mol. The van der Waals surface area contributed by atoms with Gasteiger partial charge in [-0.05, 0) is 25.7 Å². The molecule has 3 N–H and O–H groups in total. The Morgan fingerprint density at radius 2 is 2.05 bits per heavy atom. The van der Waals surface area contributed by atoms with E-state index in [2.05, 4.69) is 16.0 Å². The summed E-state index contributed by atoms with van der Waals surface area (Å²) < 4.78 is 0. The van der Waals surface area contributed by atoms with Gasteiger partial charge in [0.15, 0.2) is 0 Å². The lowest BCUT2D eigenvalue weighted by molar-refractivity contribution is -0.121. The molecule has 2 heterocycles. The molecule has 0 spiro atoms. The van der Waals surface area contributed by atoms with Crippen LogP contribution in [0.1, 0.15) is 51.4 Å². The summed E-state index contributed by atoms with van der Waals surface area (Å²) in [4.78, 5) is 23.1. The zero-order valence-corrected chi connectivity index (χ0v) is 13.2. The quantitative estimate of drug-likeness (QED) is 0.517. The smallest absolute Gasteiger partial charge is 0.315 e. The molecule has 3 rings (SSSR count). The summed E-state index contributed by atoms with van der Waals surface area (Å²) in [6.45, 7) is 0. The average molecular weight is 311 g/mol. The first-order valence-corrected chi connectivity index (χ1v) is 9.25. The zero-order chi connectivity index (χ0) is 14.7. The van der Waals surface area contributed by atoms with Crippen LogP contribution in [0.5, 0.6) is 0 Å². The summed E-state index contributed by atoms with van der Waals surface area (Å²) in [6, 6.07) is 1.00. The van der Waals surface area contributed by atoms with Crippen molar-refractivity contribution in [1.82, 2.24) is 16.0 Å². The van der Waals surface area contributed by atoms with Crippen LogP contribution < -0.4 is 16.0 Å². The van der Waals surface area contributed by atoms with Gasteiger partial charge in [-0.3, -0.25) is 4.79 Å². The van der Waals surface area contributed by atoms with E-state index in [-0.39, 0.29) is 18.0 Å². The summed E-state index contributed by atoms with van der Waals surface area (Å²) in [5.41, 5.74) is 0. The molecular formula is C15H25N3O2S. The molecule has 0 aromatic carbocycles. The maximum Gasteiger partial charge on any atom is 0.315 e. The molecule has 1 saturated carbocycles. The molecule has 5 nitrogen and oxygen atoms in total. The molecule has 3 aliphatic rings. The lowest BCUT2D eigenvalue weighted by Gasteiger charge is -2.16. The highest BCUT2D eigenvalue weighted by atomic mass is 32.2. The van der Waals surface area contributed by atoms with Crippen molar-refractivity contribution in [2.75, 3.05) is 5.75 Å². The topological polar surface area (TPSA) is 70.2 Å². The van der Waals surface area contributed by atoms with E-state index in [4.69, 9.17) is 0 Å². The molecule has 118 valence electrons. The Morgan fingerprint density at radius 3 is 2.86 bits per heavy atom. The normalized spacial score (nSPS) is 31.8. The molecule has 3 atom stereocenters. The Kier molecular flexibility index (Phi) is 4.93. The van der Waals surface area contributed by atoms with Crippen LogP contribution in [0, 0.1) is 0 Å². The molecule has 21 heavy (non-hydrogen) atoms. The molecule has 1 aliphatic carbocycles. The van der Waals surface area contributed by atoms with Crippen molar-refractivity contribution in [2.45, 2.75) is 74.7 Å². The summed E-state index contributed by atoms with van der Waals surface area (Å²) in [5.74, 6) is 1.23. The number of unbranched alkanes of at least 4 members (excludes halogenated alkanes) is 1. The number of fused-ring (bicyclic) bond motifs is 1. The van der Waals surface area contributed by atoms with Crippen molar-refractivity contribution in [3.63, 3.8) is 0 Å². The molecule has 0 bridgehead atoms. The number of hydrogen-bond donors (Lipinski definition) is 3. The highest BCUT2D eigenvalue weighted by molar-refractivity contribution is 8.00. The van der Waals surface area contributed by atoms with Crippen LogP contribution in [0.15, 0.2) is 0 Å². The van der Waals surface area contributed by atoms with Gasteiger partial charge >= 0.3 is 6.03 Å². The van der Waals surface area contributed by atoms with E-state index in [0.29, 0.717) is 23.8 Å². The number of carbonyl (C=O) groups is 2. The highest BCUT2D eigenvalue weighted by Gasteiger charge is 2.42. The Morgan fingerprint density at radius 1 is 1.24 bits per heavy atom. The van der Waals surface area contributed by atoms with Crippen molar-refractivity contribution in [1.29, 1.82) is 0 Å². The van der Waals surface area contributed by atoms with E-state index < -0.39 is 0 Å². The second-order valence-electron chi connectivity index (χ2n) is 6.42. The summed E-state index contributed by atoms with van der Waals surface area (Å²) >= 11 is 1.94. The zero-order valence-electron chi connectivity index (χ0n) is 12.4. The van der Waals surface area contributed by atoms with Gasteiger partial charge in [-0.15, -0.1) is 0 Å². The molecule has 0 radical (unpaired) electrons. The van der Waals surface area contributed by atoms with Crippen LogP contribution in [0.4, 0.5) is 4.79 Å². The lowest BCUT2D eigenvalue weighted by Crippen LogP contribution is -2.36. The summed E-state index contributed by atoms with van der Waals surface area (Å²) in [7, 11) is 0. The Hall–Kier alpha value is -0.910. The number of thioether (sulfide) groups is 1. The van der Waals surface area contributed by atoms with Crippen LogP contribution >= 0.6 is 11.8 Å². The molecule has 2 saturated heterocycles. The minimum Gasteiger partial charge on any atom is -0.353 e. The molecule has 0 aromatic heterocycles. The van der Waals surface area contributed by atoms with Crippen molar-refractivity contribution in [3.05, 3.63) is 0 Å². The molecule has 0 aromatic rings. The van der Waals surface area contributed by atoms with Gasteiger partial charge in [0.05, 0.1) is 12.1 Å². The lowest BCUT2D eigenvalue weighted by atomic mass is 10.0. The third kappa shape index (κ3) is 3.84. The van der Waals surface area contributed by atoms with E-state index in [1.165, 1.54) is 12.8 Å². The number of hydrogen-bond acceptors (Lipinski definition) is 3. The largest absolute Gasteiger partial charge is 0.353 e. The molecule has 6 heteroatoms. The van der Waals surface area contributed by atoms with Crippen LogP contribution in [0.3, 0.4) is 0 Å². The standard InChI is InChI=1S/C15H25N3O2S/c19-13(16-10-5-1-2-6-10)8-4-3-7-12-14-11(9-21-12)17-15(20)18-14/h10-12,14H,1-9H2,(H,16,19)(H2,17,18,20)/t11-,12-,14-/m0/s1. The number of carbonyl (C=O) groups excluding carboxylic acids is 2. The Balaban J connectivity index is 1.29. The fourth-order valence-electron chi connectivity index (χ4n) is 3.64. The summed E-state index contributed by atoms with van der Waals surface area (Å²) in [6.07, 6.45) is 8.57. The van der Waals surface area contributed by atoms with Crippen LogP contribution in [-0.2, 0) is 4.79 Å². The van der Waals surface area contributed by atoms with E-state index in [0.717, 1.165) is 37.9 Å². The van der Waals surface area contributed by atoms with Gasteiger partial charge in [0.2, 0.25) is 5.91 Å². The van der Waals surface area contributed by atoms with Crippen LogP contribution in [0.2, 0.25) is 0 Å². The van der Waals surface area contributed by atoms with Crippen molar-refractivity contribution < 1.29 is 9.59 Å². The summed E-state index contributed by atoms with van der Waals surface area (Å²) in [5, 5.41) is 9.62. The highest BCUT2D eigenvalue weighted by Crippen LogP contribution is 2.33. The molecule has 0 unspecified atom stereocenters. The first kappa shape index (κ1) is 15.0. The van der Waals surface area contributed by atoms with Gasteiger partial charge in [-0.1, -0.05) is 19.3 Å². The van der Waals surface area contributed by atoms with E-state index in [1.54, 1.807) is 0 Å². The van der Waals surface area contributed by atoms with E-state index in [1.807, 2.05) is 11.8 Å². The van der Waals surface area contributed by atoms with Gasteiger partial charge in [-0.2, -0.15) is 11.8 Å². The van der Waals surface area contributed by atoms with Crippen molar-refractivity contribution >= 4 is 23.7 Å². The number of rotatable bonds is 6. The Labute approximate surface area is 130 Å². The van der Waals surface area contributed by atoms with Gasteiger partial charge in [0, 0.05) is 23.5 Å². The first-order valence-electron chi connectivity index (χ1n) is 8.20.